The number of aromatic carboxylic acids is 1. The van der Waals surface area contributed by atoms with Gasteiger partial charge in [-0.1, -0.05) is 5.16 Å². The van der Waals surface area contributed by atoms with E-state index in [1.54, 1.807) is 25.4 Å². The molecule has 0 unspecified atom stereocenters. The summed E-state index contributed by atoms with van der Waals surface area (Å²) in [6, 6.07) is 1.73. The van der Waals surface area contributed by atoms with E-state index >= 15 is 0 Å². The number of carbonyl (C=O) groups is 1. The quantitative estimate of drug-likeness (QED) is 0.758. The van der Waals surface area contributed by atoms with Crippen molar-refractivity contribution in [3.63, 3.8) is 0 Å². The second-order valence-corrected chi connectivity index (χ2v) is 2.88. The number of hydrogen-bond donors (Lipinski definition) is 2. The number of nitrogens with one attached hydrogen (secondary N) is 1. The molecular formula is C9H8N2O3. The van der Waals surface area contributed by atoms with E-state index in [1.807, 2.05) is 0 Å². The van der Waals surface area contributed by atoms with Crippen LogP contribution in [0.25, 0.3) is 11.3 Å². The number of H-pyrrole nitrogens is 1. The summed E-state index contributed by atoms with van der Waals surface area (Å²) in [7, 11) is 0. The summed E-state index contributed by atoms with van der Waals surface area (Å²) in [4.78, 5) is 13.7. The van der Waals surface area contributed by atoms with Gasteiger partial charge in [-0.2, -0.15) is 0 Å². The van der Waals surface area contributed by atoms with Crippen molar-refractivity contribution in [3.8, 4) is 11.3 Å². The van der Waals surface area contributed by atoms with E-state index in [1.165, 1.54) is 0 Å². The molecule has 2 aromatic rings. The van der Waals surface area contributed by atoms with Gasteiger partial charge in [0.05, 0.1) is 5.69 Å². The highest BCUT2D eigenvalue weighted by Gasteiger charge is 2.20. The van der Waals surface area contributed by atoms with Gasteiger partial charge in [0.1, 0.15) is 5.56 Å². The first-order valence-corrected chi connectivity index (χ1v) is 4.03. The second-order valence-electron chi connectivity index (χ2n) is 2.88. The highest BCUT2D eigenvalue weighted by molar-refractivity contribution is 5.95. The van der Waals surface area contributed by atoms with Gasteiger partial charge in [-0.15, -0.1) is 0 Å². The van der Waals surface area contributed by atoms with Gasteiger partial charge in [-0.05, 0) is 13.0 Å². The van der Waals surface area contributed by atoms with Crippen molar-refractivity contribution >= 4 is 5.97 Å². The summed E-state index contributed by atoms with van der Waals surface area (Å²) in [5, 5.41) is 12.5. The highest BCUT2D eigenvalue weighted by Crippen LogP contribution is 2.25. The monoisotopic (exact) mass is 192 g/mol. The lowest BCUT2D eigenvalue weighted by molar-refractivity contribution is 0.0696. The van der Waals surface area contributed by atoms with Crippen LogP contribution in [0, 0.1) is 6.92 Å². The summed E-state index contributed by atoms with van der Waals surface area (Å²) < 4.78 is 4.95. The van der Waals surface area contributed by atoms with Crippen molar-refractivity contribution in [1.82, 2.24) is 10.1 Å². The Balaban J connectivity index is 2.60. The average Bonchev–Trinajstić information content (AvgIpc) is 2.70. The number of rotatable bonds is 2. The van der Waals surface area contributed by atoms with Crippen molar-refractivity contribution in [2.45, 2.75) is 6.92 Å². The van der Waals surface area contributed by atoms with Gasteiger partial charge >= 0.3 is 5.97 Å². The third-order valence-electron chi connectivity index (χ3n) is 1.94. The van der Waals surface area contributed by atoms with E-state index in [9.17, 15) is 4.79 Å². The summed E-state index contributed by atoms with van der Waals surface area (Å²) in [6.07, 6.45) is 3.35. The van der Waals surface area contributed by atoms with Crippen LogP contribution in [0.15, 0.2) is 23.0 Å². The highest BCUT2D eigenvalue weighted by atomic mass is 16.5. The number of carboxylic acids is 1. The lowest BCUT2D eigenvalue weighted by Crippen LogP contribution is -1.98. The minimum Gasteiger partial charge on any atom is -0.477 e. The SMILES string of the molecule is Cc1noc(-c2cc[nH]c2)c1C(=O)O. The molecule has 14 heavy (non-hydrogen) atoms. The maximum Gasteiger partial charge on any atom is 0.341 e. The second kappa shape index (κ2) is 3.02. The Hall–Kier alpha value is -2.04. The Labute approximate surface area is 79.3 Å². The molecule has 0 saturated heterocycles. The zero-order valence-corrected chi connectivity index (χ0v) is 7.44. The summed E-state index contributed by atoms with van der Waals surface area (Å²) in [5.74, 6) is -0.740. The van der Waals surface area contributed by atoms with E-state index in [2.05, 4.69) is 10.1 Å². The van der Waals surface area contributed by atoms with E-state index in [-0.39, 0.29) is 11.3 Å². The number of aryl methyl sites for hydroxylation is 1. The molecule has 5 heteroatoms. The van der Waals surface area contributed by atoms with Crippen LogP contribution in [-0.2, 0) is 0 Å². The number of carboxylic acid groups (broad SMARTS) is 1. The third-order valence-corrected chi connectivity index (χ3v) is 1.94. The number of nitrogens with zero attached hydrogens (tertiary/aromatic N) is 1. The molecule has 0 amide bonds. The molecule has 5 nitrogen and oxygen atoms in total. The third kappa shape index (κ3) is 1.19. The molecule has 2 heterocycles. The van der Waals surface area contributed by atoms with Crippen molar-refractivity contribution in [3.05, 3.63) is 29.7 Å². The van der Waals surface area contributed by atoms with Gasteiger partial charge in [0.15, 0.2) is 5.76 Å². The Bertz CT molecular complexity index is 456. The average molecular weight is 192 g/mol. The fourth-order valence-corrected chi connectivity index (χ4v) is 1.28. The van der Waals surface area contributed by atoms with E-state index < -0.39 is 5.97 Å². The van der Waals surface area contributed by atoms with E-state index in [0.29, 0.717) is 11.3 Å². The van der Waals surface area contributed by atoms with Crippen LogP contribution in [0.1, 0.15) is 16.1 Å². The van der Waals surface area contributed by atoms with E-state index in [4.69, 9.17) is 9.63 Å². The fraction of sp³-hybridized carbons (Fsp3) is 0.111. The van der Waals surface area contributed by atoms with Crippen LogP contribution in [0.3, 0.4) is 0 Å². The lowest BCUT2D eigenvalue weighted by Gasteiger charge is -1.92. The van der Waals surface area contributed by atoms with Crippen molar-refractivity contribution < 1.29 is 14.4 Å². The van der Waals surface area contributed by atoms with Crippen molar-refractivity contribution in [1.29, 1.82) is 0 Å². The van der Waals surface area contributed by atoms with Crippen molar-refractivity contribution in [2.75, 3.05) is 0 Å². The van der Waals surface area contributed by atoms with Crippen LogP contribution in [0.5, 0.6) is 0 Å². The van der Waals surface area contributed by atoms with Gasteiger partial charge in [0.25, 0.3) is 0 Å². The molecule has 0 aliphatic rings. The van der Waals surface area contributed by atoms with Gasteiger partial charge < -0.3 is 14.6 Å². The molecule has 72 valence electrons. The molecule has 0 atom stereocenters. The van der Waals surface area contributed by atoms with Crippen LogP contribution in [0.2, 0.25) is 0 Å². The van der Waals surface area contributed by atoms with Crippen LogP contribution in [0.4, 0.5) is 0 Å². The first-order chi connectivity index (χ1) is 6.70. The molecule has 0 spiro atoms. The number of aromatic nitrogens is 2. The molecule has 0 aliphatic heterocycles. The summed E-state index contributed by atoms with van der Waals surface area (Å²) in [6.45, 7) is 1.60. The summed E-state index contributed by atoms with van der Waals surface area (Å²) in [5.41, 5.74) is 1.18. The normalized spacial score (nSPS) is 10.4. The van der Waals surface area contributed by atoms with Gasteiger partial charge in [0.2, 0.25) is 0 Å². The van der Waals surface area contributed by atoms with Crippen LogP contribution < -0.4 is 0 Å². The molecular weight excluding hydrogens is 184 g/mol. The number of hydrogen-bond acceptors (Lipinski definition) is 3. The predicted octanol–water partition coefficient (Wildman–Crippen LogP) is 1.68. The molecule has 0 aliphatic carbocycles. The molecule has 2 aromatic heterocycles. The molecule has 2 N–H and O–H groups in total. The molecule has 0 radical (unpaired) electrons. The Morgan fingerprint density at radius 3 is 3.00 bits per heavy atom. The Kier molecular flexibility index (Phi) is 1.85. The van der Waals surface area contributed by atoms with Crippen LogP contribution in [-0.4, -0.2) is 21.2 Å². The molecule has 0 bridgehead atoms. The molecule has 0 aromatic carbocycles. The maximum atomic E-state index is 10.9. The molecule has 0 saturated carbocycles. The molecule has 0 fully saturated rings. The summed E-state index contributed by atoms with van der Waals surface area (Å²) >= 11 is 0. The van der Waals surface area contributed by atoms with Gasteiger partial charge in [-0.25, -0.2) is 4.79 Å². The maximum absolute atomic E-state index is 10.9. The topological polar surface area (TPSA) is 79.1 Å². The van der Waals surface area contributed by atoms with E-state index in [0.717, 1.165) is 0 Å². The zero-order chi connectivity index (χ0) is 10.1. The van der Waals surface area contributed by atoms with Gasteiger partial charge in [0, 0.05) is 18.0 Å². The standard InChI is InChI=1S/C9H8N2O3/c1-5-7(9(12)13)8(14-11-5)6-2-3-10-4-6/h2-4,10H,1H3,(H,12,13). The van der Waals surface area contributed by atoms with Gasteiger partial charge in [-0.3, -0.25) is 0 Å². The smallest absolute Gasteiger partial charge is 0.341 e. The number of aromatic amines is 1. The fourth-order valence-electron chi connectivity index (χ4n) is 1.28. The van der Waals surface area contributed by atoms with Crippen LogP contribution >= 0.6 is 0 Å². The Morgan fingerprint density at radius 2 is 2.43 bits per heavy atom. The van der Waals surface area contributed by atoms with Crippen molar-refractivity contribution in [2.24, 2.45) is 0 Å². The lowest BCUT2D eigenvalue weighted by atomic mass is 10.1. The first-order valence-electron chi connectivity index (χ1n) is 4.03. The minimum absolute atomic E-state index is 0.115. The first kappa shape index (κ1) is 8.55. The minimum atomic E-state index is -1.03. The zero-order valence-electron chi connectivity index (χ0n) is 7.44. The predicted molar refractivity (Wildman–Crippen MR) is 48.0 cm³/mol. The molecule has 2 rings (SSSR count). The largest absolute Gasteiger partial charge is 0.477 e. The Morgan fingerprint density at radius 1 is 1.64 bits per heavy atom.